The van der Waals surface area contributed by atoms with Crippen LogP contribution < -0.4 is 5.32 Å². The number of hydrogen-bond acceptors (Lipinski definition) is 3. The molecule has 0 aromatic heterocycles. The molecule has 0 spiro atoms. The van der Waals surface area contributed by atoms with Crippen LogP contribution in [0.15, 0.2) is 28.7 Å². The highest BCUT2D eigenvalue weighted by molar-refractivity contribution is 9.10. The van der Waals surface area contributed by atoms with Crippen LogP contribution in [0.4, 0.5) is 4.79 Å². The average molecular weight is 369 g/mol. The number of benzene rings is 1. The van der Waals surface area contributed by atoms with Crippen molar-refractivity contribution in [3.8, 4) is 0 Å². The molecule has 4 nitrogen and oxygen atoms in total. The Kier molecular flexibility index (Phi) is 5.50. The number of nitrogens with one attached hydrogen (secondary N) is 1. The maximum absolute atomic E-state index is 12.1. The second kappa shape index (κ2) is 7.01. The van der Waals surface area contributed by atoms with Crippen molar-refractivity contribution in [3.63, 3.8) is 0 Å². The third-order valence-electron chi connectivity index (χ3n) is 3.67. The van der Waals surface area contributed by atoms with Gasteiger partial charge in [-0.1, -0.05) is 28.1 Å². The van der Waals surface area contributed by atoms with Crippen molar-refractivity contribution in [3.05, 3.63) is 34.3 Å². The zero-order valence-corrected chi connectivity index (χ0v) is 15.3. The quantitative estimate of drug-likeness (QED) is 0.872. The number of carbonyl (C=O) groups excluding carboxylic acids is 1. The molecule has 122 valence electrons. The highest BCUT2D eigenvalue weighted by Crippen LogP contribution is 2.21. The summed E-state index contributed by atoms with van der Waals surface area (Å²) in [4.78, 5) is 13.9. The van der Waals surface area contributed by atoms with Gasteiger partial charge in [0, 0.05) is 29.6 Å². The minimum atomic E-state index is -0.438. The molecular formula is C17H25BrN2O2. The van der Waals surface area contributed by atoms with E-state index in [0.29, 0.717) is 12.6 Å². The molecule has 0 radical (unpaired) electrons. The Morgan fingerprint density at radius 1 is 1.45 bits per heavy atom. The fourth-order valence-electron chi connectivity index (χ4n) is 2.61. The normalized spacial score (nSPS) is 20.0. The van der Waals surface area contributed by atoms with Gasteiger partial charge in [0.25, 0.3) is 0 Å². The number of likely N-dealkylation sites (tertiary alicyclic amines) is 1. The minimum Gasteiger partial charge on any atom is -0.444 e. The second-order valence-corrected chi connectivity index (χ2v) is 7.77. The fraction of sp³-hybridized carbons (Fsp3) is 0.588. The van der Waals surface area contributed by atoms with Crippen molar-refractivity contribution in [2.45, 2.75) is 51.8 Å². The summed E-state index contributed by atoms with van der Waals surface area (Å²) < 4.78 is 6.51. The van der Waals surface area contributed by atoms with E-state index >= 15 is 0 Å². The van der Waals surface area contributed by atoms with Gasteiger partial charge in [0.15, 0.2) is 0 Å². The van der Waals surface area contributed by atoms with Crippen LogP contribution in [-0.2, 0) is 4.74 Å². The smallest absolute Gasteiger partial charge is 0.410 e. The number of halogens is 1. The van der Waals surface area contributed by atoms with Crippen LogP contribution >= 0.6 is 15.9 Å². The lowest BCUT2D eigenvalue weighted by Gasteiger charge is -2.25. The summed E-state index contributed by atoms with van der Waals surface area (Å²) in [7, 11) is 0. The Morgan fingerprint density at radius 3 is 2.82 bits per heavy atom. The van der Waals surface area contributed by atoms with Gasteiger partial charge in [-0.15, -0.1) is 0 Å². The number of ether oxygens (including phenoxy) is 1. The van der Waals surface area contributed by atoms with Gasteiger partial charge in [0.1, 0.15) is 5.60 Å². The van der Waals surface area contributed by atoms with Gasteiger partial charge in [-0.25, -0.2) is 4.79 Å². The molecule has 0 aliphatic carbocycles. The number of rotatable bonds is 3. The number of hydrogen-bond donors (Lipinski definition) is 1. The van der Waals surface area contributed by atoms with Crippen molar-refractivity contribution in [1.82, 2.24) is 10.2 Å². The molecule has 1 fully saturated rings. The van der Waals surface area contributed by atoms with Crippen molar-refractivity contribution in [1.29, 1.82) is 0 Å². The molecule has 1 aliphatic rings. The van der Waals surface area contributed by atoms with Gasteiger partial charge >= 0.3 is 6.09 Å². The molecule has 1 unspecified atom stereocenters. The van der Waals surface area contributed by atoms with Crippen LogP contribution in [-0.4, -0.2) is 35.7 Å². The Labute approximate surface area is 141 Å². The first-order valence-corrected chi connectivity index (χ1v) is 8.53. The Morgan fingerprint density at radius 2 is 2.18 bits per heavy atom. The Bertz CT molecular complexity index is 528. The molecule has 1 amide bonds. The zero-order valence-electron chi connectivity index (χ0n) is 13.7. The van der Waals surface area contributed by atoms with E-state index in [4.69, 9.17) is 4.74 Å². The summed E-state index contributed by atoms with van der Waals surface area (Å²) >= 11 is 3.50. The van der Waals surface area contributed by atoms with Crippen LogP contribution in [0.3, 0.4) is 0 Å². The van der Waals surface area contributed by atoms with Crippen LogP contribution in [0.1, 0.15) is 45.7 Å². The van der Waals surface area contributed by atoms with Crippen molar-refractivity contribution in [2.75, 3.05) is 13.1 Å². The van der Waals surface area contributed by atoms with Gasteiger partial charge in [0.05, 0.1) is 0 Å². The van der Waals surface area contributed by atoms with E-state index in [9.17, 15) is 4.79 Å². The molecule has 1 N–H and O–H groups in total. The topological polar surface area (TPSA) is 41.6 Å². The lowest BCUT2D eigenvalue weighted by molar-refractivity contribution is 0.0290. The second-order valence-electron chi connectivity index (χ2n) is 6.86. The molecule has 22 heavy (non-hydrogen) atoms. The van der Waals surface area contributed by atoms with Gasteiger partial charge in [-0.2, -0.15) is 0 Å². The molecule has 2 atom stereocenters. The molecule has 1 saturated heterocycles. The SMILES string of the molecule is C[C@H](NC1CCN(C(=O)OC(C)(C)C)C1)c1cccc(Br)c1. The molecule has 2 rings (SSSR count). The largest absolute Gasteiger partial charge is 0.444 e. The third kappa shape index (κ3) is 4.99. The van der Waals surface area contributed by atoms with Crippen molar-refractivity contribution in [2.24, 2.45) is 0 Å². The van der Waals surface area contributed by atoms with Gasteiger partial charge in [-0.05, 0) is 51.8 Å². The van der Waals surface area contributed by atoms with Gasteiger partial charge in [0.2, 0.25) is 0 Å². The van der Waals surface area contributed by atoms with Crippen LogP contribution in [0.5, 0.6) is 0 Å². The van der Waals surface area contributed by atoms with Crippen LogP contribution in [0.25, 0.3) is 0 Å². The van der Waals surface area contributed by atoms with Crippen molar-refractivity contribution >= 4 is 22.0 Å². The molecule has 5 heteroatoms. The lowest BCUT2D eigenvalue weighted by atomic mass is 10.1. The van der Waals surface area contributed by atoms with E-state index in [2.05, 4.69) is 40.3 Å². The summed E-state index contributed by atoms with van der Waals surface area (Å²) in [6, 6.07) is 8.86. The highest BCUT2D eigenvalue weighted by Gasteiger charge is 2.30. The first-order valence-electron chi connectivity index (χ1n) is 7.74. The third-order valence-corrected chi connectivity index (χ3v) is 4.17. The molecule has 1 heterocycles. The minimum absolute atomic E-state index is 0.216. The molecule has 1 aromatic rings. The fourth-order valence-corrected chi connectivity index (χ4v) is 3.03. The number of nitrogens with zero attached hydrogens (tertiary/aromatic N) is 1. The van der Waals surface area contributed by atoms with E-state index in [0.717, 1.165) is 17.4 Å². The molecule has 1 aliphatic heterocycles. The van der Waals surface area contributed by atoms with Gasteiger partial charge < -0.3 is 15.0 Å². The van der Waals surface area contributed by atoms with Gasteiger partial charge in [-0.3, -0.25) is 0 Å². The average Bonchev–Trinajstić information content (AvgIpc) is 2.85. The Balaban J connectivity index is 1.87. The first kappa shape index (κ1) is 17.3. The van der Waals surface area contributed by atoms with Crippen LogP contribution in [0, 0.1) is 0 Å². The summed E-state index contributed by atoms with van der Waals surface area (Å²) in [5, 5.41) is 3.60. The number of carbonyl (C=O) groups is 1. The molecule has 0 saturated carbocycles. The summed E-state index contributed by atoms with van der Waals surface area (Å²) in [6.45, 7) is 9.28. The van der Waals surface area contributed by atoms with E-state index in [1.54, 1.807) is 4.90 Å². The maximum atomic E-state index is 12.1. The van der Waals surface area contributed by atoms with E-state index < -0.39 is 5.60 Å². The highest BCUT2D eigenvalue weighted by atomic mass is 79.9. The monoisotopic (exact) mass is 368 g/mol. The van der Waals surface area contributed by atoms with E-state index in [1.807, 2.05) is 32.9 Å². The lowest BCUT2D eigenvalue weighted by Crippen LogP contribution is -2.39. The van der Waals surface area contributed by atoms with E-state index in [-0.39, 0.29) is 12.1 Å². The zero-order chi connectivity index (χ0) is 16.3. The van der Waals surface area contributed by atoms with Crippen molar-refractivity contribution < 1.29 is 9.53 Å². The number of amides is 1. The molecular weight excluding hydrogens is 344 g/mol. The standard InChI is InChI=1S/C17H25BrN2O2/c1-12(13-6-5-7-14(18)10-13)19-15-8-9-20(11-15)16(21)22-17(2,3)4/h5-7,10,12,15,19H,8-9,11H2,1-4H3/t12-,15?/m0/s1. The Hall–Kier alpha value is -1.07. The summed E-state index contributed by atoms with van der Waals surface area (Å²) in [5.74, 6) is 0. The first-order chi connectivity index (χ1) is 10.2. The predicted octanol–water partition coefficient (Wildman–Crippen LogP) is 4.11. The molecule has 0 bridgehead atoms. The maximum Gasteiger partial charge on any atom is 0.410 e. The summed E-state index contributed by atoms with van der Waals surface area (Å²) in [6.07, 6.45) is 0.740. The van der Waals surface area contributed by atoms with E-state index in [1.165, 1.54) is 5.56 Å². The molecule has 1 aromatic carbocycles. The van der Waals surface area contributed by atoms with Crippen LogP contribution in [0.2, 0.25) is 0 Å². The summed E-state index contributed by atoms with van der Waals surface area (Å²) in [5.41, 5.74) is 0.803. The predicted molar refractivity (Wildman–Crippen MR) is 91.9 cm³/mol.